The van der Waals surface area contributed by atoms with E-state index in [1.807, 2.05) is 37.3 Å². The molecule has 0 saturated heterocycles. The molecule has 0 heterocycles. The van der Waals surface area contributed by atoms with Gasteiger partial charge in [-0.1, -0.05) is 36.5 Å². The molecule has 0 bridgehead atoms. The molecule has 82 valence electrons. The highest BCUT2D eigenvalue weighted by Crippen LogP contribution is 1.87. The lowest BCUT2D eigenvalue weighted by atomic mass is 10.2. The standard InChI is InChI=1S/C12H17NO2/c1-4-5-6-7-8-9-10(2)13-12(15)11(3)14/h4-10H,1-3H3,(H,13,15)/b5-4-,7-6-,9-8+/t10-/m0/s1. The Labute approximate surface area is 90.6 Å². The van der Waals surface area contributed by atoms with Gasteiger partial charge in [-0.15, -0.1) is 0 Å². The summed E-state index contributed by atoms with van der Waals surface area (Å²) in [4.78, 5) is 21.6. The van der Waals surface area contributed by atoms with Gasteiger partial charge in [0.05, 0.1) is 0 Å². The van der Waals surface area contributed by atoms with Gasteiger partial charge in [0, 0.05) is 13.0 Å². The van der Waals surface area contributed by atoms with Crippen molar-refractivity contribution in [2.24, 2.45) is 0 Å². The Hall–Kier alpha value is -1.64. The number of ketones is 1. The van der Waals surface area contributed by atoms with E-state index < -0.39 is 11.7 Å². The molecule has 3 nitrogen and oxygen atoms in total. The van der Waals surface area contributed by atoms with Gasteiger partial charge in [-0.25, -0.2) is 0 Å². The zero-order valence-electron chi connectivity index (χ0n) is 9.36. The first-order valence-corrected chi connectivity index (χ1v) is 4.85. The highest BCUT2D eigenvalue weighted by atomic mass is 16.2. The topological polar surface area (TPSA) is 46.2 Å². The molecule has 0 unspecified atom stereocenters. The van der Waals surface area contributed by atoms with Gasteiger partial charge in [0.15, 0.2) is 0 Å². The molecule has 0 aromatic carbocycles. The summed E-state index contributed by atoms with van der Waals surface area (Å²) < 4.78 is 0. The fraction of sp³-hybridized carbons (Fsp3) is 0.333. The predicted molar refractivity (Wildman–Crippen MR) is 61.4 cm³/mol. The number of hydrogen-bond donors (Lipinski definition) is 1. The minimum absolute atomic E-state index is 0.142. The van der Waals surface area contributed by atoms with Gasteiger partial charge in [0.2, 0.25) is 5.78 Å². The third-order valence-electron chi connectivity index (χ3n) is 1.60. The minimum Gasteiger partial charge on any atom is -0.344 e. The smallest absolute Gasteiger partial charge is 0.287 e. The lowest BCUT2D eigenvalue weighted by molar-refractivity contribution is -0.136. The number of carbonyl (C=O) groups excluding carboxylic acids is 2. The van der Waals surface area contributed by atoms with E-state index in [9.17, 15) is 9.59 Å². The molecule has 15 heavy (non-hydrogen) atoms. The molecule has 0 fully saturated rings. The van der Waals surface area contributed by atoms with Crippen molar-refractivity contribution in [3.63, 3.8) is 0 Å². The molecular weight excluding hydrogens is 190 g/mol. The number of hydrogen-bond acceptors (Lipinski definition) is 2. The first-order chi connectivity index (χ1) is 7.07. The van der Waals surface area contributed by atoms with Crippen molar-refractivity contribution in [1.29, 1.82) is 0 Å². The first kappa shape index (κ1) is 13.4. The summed E-state index contributed by atoms with van der Waals surface area (Å²) in [7, 11) is 0. The Morgan fingerprint density at radius 3 is 2.27 bits per heavy atom. The fourth-order valence-electron chi connectivity index (χ4n) is 0.827. The van der Waals surface area contributed by atoms with Crippen LogP contribution >= 0.6 is 0 Å². The van der Waals surface area contributed by atoms with E-state index in [0.717, 1.165) is 0 Å². The Morgan fingerprint density at radius 2 is 1.73 bits per heavy atom. The largest absolute Gasteiger partial charge is 0.344 e. The van der Waals surface area contributed by atoms with Crippen molar-refractivity contribution in [1.82, 2.24) is 5.32 Å². The molecule has 1 N–H and O–H groups in total. The van der Waals surface area contributed by atoms with Gasteiger partial charge in [-0.05, 0) is 13.8 Å². The number of rotatable bonds is 5. The van der Waals surface area contributed by atoms with Crippen molar-refractivity contribution in [2.45, 2.75) is 26.8 Å². The normalized spacial score (nSPS) is 13.8. The third kappa shape index (κ3) is 7.43. The van der Waals surface area contributed by atoms with E-state index in [1.165, 1.54) is 6.92 Å². The summed E-state index contributed by atoms with van der Waals surface area (Å²) in [6.45, 7) is 4.99. The van der Waals surface area contributed by atoms with Crippen LogP contribution < -0.4 is 5.32 Å². The molecule has 0 spiro atoms. The number of nitrogens with one attached hydrogen (secondary N) is 1. The molecule has 3 heteroatoms. The molecule has 0 radical (unpaired) electrons. The zero-order valence-corrected chi connectivity index (χ0v) is 9.36. The Balaban J connectivity index is 3.98. The lowest BCUT2D eigenvalue weighted by Crippen LogP contribution is -2.35. The molecular formula is C12H17NO2. The van der Waals surface area contributed by atoms with Crippen LogP contribution in [0.3, 0.4) is 0 Å². The van der Waals surface area contributed by atoms with Crippen LogP contribution in [0.5, 0.6) is 0 Å². The van der Waals surface area contributed by atoms with Crippen molar-refractivity contribution in [3.05, 3.63) is 36.5 Å². The van der Waals surface area contributed by atoms with Crippen LogP contribution in [-0.2, 0) is 9.59 Å². The molecule has 0 rings (SSSR count). The highest BCUT2D eigenvalue weighted by Gasteiger charge is 2.08. The zero-order chi connectivity index (χ0) is 11.7. The summed E-state index contributed by atoms with van der Waals surface area (Å²) in [5, 5.41) is 2.54. The van der Waals surface area contributed by atoms with Gasteiger partial charge in [0.1, 0.15) is 0 Å². The monoisotopic (exact) mass is 207 g/mol. The van der Waals surface area contributed by atoms with Crippen molar-refractivity contribution >= 4 is 11.7 Å². The maximum Gasteiger partial charge on any atom is 0.287 e. The minimum atomic E-state index is -0.551. The Kier molecular flexibility index (Phi) is 6.89. The number of allylic oxidation sites excluding steroid dienone is 5. The van der Waals surface area contributed by atoms with Crippen LogP contribution in [0.2, 0.25) is 0 Å². The molecule has 0 aromatic rings. The SMILES string of the molecule is C\C=C/C=C\C=C\[C@H](C)NC(=O)C(C)=O. The number of amides is 1. The van der Waals surface area contributed by atoms with Crippen LogP contribution in [0.1, 0.15) is 20.8 Å². The third-order valence-corrected chi connectivity index (χ3v) is 1.60. The lowest BCUT2D eigenvalue weighted by Gasteiger charge is -2.06. The van der Waals surface area contributed by atoms with Crippen molar-refractivity contribution in [3.8, 4) is 0 Å². The van der Waals surface area contributed by atoms with E-state index in [-0.39, 0.29) is 6.04 Å². The van der Waals surface area contributed by atoms with E-state index in [2.05, 4.69) is 5.32 Å². The van der Waals surface area contributed by atoms with Crippen LogP contribution in [0.4, 0.5) is 0 Å². The summed E-state index contributed by atoms with van der Waals surface area (Å²) >= 11 is 0. The second-order valence-corrected chi connectivity index (χ2v) is 3.11. The average molecular weight is 207 g/mol. The van der Waals surface area contributed by atoms with E-state index in [1.54, 1.807) is 13.0 Å². The maximum atomic E-state index is 11.0. The molecule has 0 aliphatic rings. The maximum absolute atomic E-state index is 11.0. The van der Waals surface area contributed by atoms with E-state index in [0.29, 0.717) is 0 Å². The van der Waals surface area contributed by atoms with E-state index >= 15 is 0 Å². The molecule has 0 aliphatic carbocycles. The molecule has 0 aromatic heterocycles. The fourth-order valence-corrected chi connectivity index (χ4v) is 0.827. The average Bonchev–Trinajstić information content (AvgIpc) is 2.17. The summed E-state index contributed by atoms with van der Waals surface area (Å²) in [5.74, 6) is -1.02. The molecule has 0 aliphatic heterocycles. The first-order valence-electron chi connectivity index (χ1n) is 4.85. The second-order valence-electron chi connectivity index (χ2n) is 3.11. The quantitative estimate of drug-likeness (QED) is 0.551. The van der Waals surface area contributed by atoms with Gasteiger partial charge < -0.3 is 5.32 Å². The Morgan fingerprint density at radius 1 is 1.13 bits per heavy atom. The van der Waals surface area contributed by atoms with Crippen LogP contribution in [-0.4, -0.2) is 17.7 Å². The van der Waals surface area contributed by atoms with E-state index in [4.69, 9.17) is 0 Å². The summed E-state index contributed by atoms with van der Waals surface area (Å²) in [6, 6.07) is -0.142. The van der Waals surface area contributed by atoms with Crippen molar-refractivity contribution < 1.29 is 9.59 Å². The van der Waals surface area contributed by atoms with Gasteiger partial charge in [-0.2, -0.15) is 0 Å². The predicted octanol–water partition coefficient (Wildman–Crippen LogP) is 1.77. The van der Waals surface area contributed by atoms with Gasteiger partial charge in [-0.3, -0.25) is 9.59 Å². The van der Waals surface area contributed by atoms with Gasteiger partial charge in [0.25, 0.3) is 5.91 Å². The molecule has 0 saturated carbocycles. The van der Waals surface area contributed by atoms with Crippen LogP contribution in [0.25, 0.3) is 0 Å². The number of Topliss-reactive ketones (excluding diaryl/α,β-unsaturated/α-hetero) is 1. The molecule has 1 amide bonds. The van der Waals surface area contributed by atoms with Crippen LogP contribution in [0, 0.1) is 0 Å². The van der Waals surface area contributed by atoms with Crippen molar-refractivity contribution in [2.75, 3.05) is 0 Å². The summed E-state index contributed by atoms with van der Waals surface area (Å²) in [6.07, 6.45) is 11.2. The summed E-state index contributed by atoms with van der Waals surface area (Å²) in [5.41, 5.74) is 0. The Bertz CT molecular complexity index is 301. The van der Waals surface area contributed by atoms with Gasteiger partial charge >= 0.3 is 0 Å². The molecule has 1 atom stereocenters. The highest BCUT2D eigenvalue weighted by molar-refractivity contribution is 6.35. The second kappa shape index (κ2) is 7.74. The number of carbonyl (C=O) groups is 2. The van der Waals surface area contributed by atoms with Crippen LogP contribution in [0.15, 0.2) is 36.5 Å².